The average molecular weight is 446 g/mol. The van der Waals surface area contributed by atoms with Gasteiger partial charge in [0.1, 0.15) is 16.9 Å². The van der Waals surface area contributed by atoms with Gasteiger partial charge in [-0.2, -0.15) is 0 Å². The van der Waals surface area contributed by atoms with E-state index in [0.717, 1.165) is 30.5 Å². The molecule has 0 saturated carbocycles. The van der Waals surface area contributed by atoms with E-state index in [0.29, 0.717) is 41.5 Å². The van der Waals surface area contributed by atoms with Crippen LogP contribution < -0.4 is 21.3 Å². The number of benzene rings is 1. The zero-order valence-corrected chi connectivity index (χ0v) is 18.8. The zero-order valence-electron chi connectivity index (χ0n) is 18.8. The van der Waals surface area contributed by atoms with E-state index >= 15 is 0 Å². The van der Waals surface area contributed by atoms with Crippen LogP contribution in [0, 0.1) is 5.92 Å². The molecule has 8 heteroatoms. The summed E-state index contributed by atoms with van der Waals surface area (Å²) >= 11 is 0. The number of hydrogen-bond donors (Lipinski definition) is 2. The Morgan fingerprint density at radius 2 is 2.09 bits per heavy atom. The molecule has 1 aliphatic carbocycles. The number of nitrogens with one attached hydrogen (secondary N) is 2. The average Bonchev–Trinajstić information content (AvgIpc) is 3.44. The van der Waals surface area contributed by atoms with Crippen LogP contribution in [0.3, 0.4) is 0 Å². The maximum absolute atomic E-state index is 13.3. The SMILES string of the molecule is COc1cccc2c1CC[C@H]1CNC(CCn3c(=O)c4[nH]c5ncccc5c4n(C)c3=O)[C@@H]21. The van der Waals surface area contributed by atoms with Gasteiger partial charge in [-0.1, -0.05) is 12.1 Å². The third-order valence-corrected chi connectivity index (χ3v) is 7.62. The minimum Gasteiger partial charge on any atom is -0.496 e. The third kappa shape index (κ3) is 2.97. The van der Waals surface area contributed by atoms with Crippen molar-refractivity contribution >= 4 is 22.1 Å². The van der Waals surface area contributed by atoms with E-state index in [4.69, 9.17) is 4.74 Å². The van der Waals surface area contributed by atoms with E-state index in [-0.39, 0.29) is 17.3 Å². The maximum Gasteiger partial charge on any atom is 0.331 e. The normalized spacial score (nSPS) is 21.9. The van der Waals surface area contributed by atoms with Crippen LogP contribution in [0.4, 0.5) is 0 Å². The summed E-state index contributed by atoms with van der Waals surface area (Å²) in [5.41, 5.74) is 3.72. The van der Waals surface area contributed by atoms with Gasteiger partial charge in [0.2, 0.25) is 0 Å². The molecule has 1 aromatic carbocycles. The van der Waals surface area contributed by atoms with Crippen LogP contribution in [-0.4, -0.2) is 38.8 Å². The lowest BCUT2D eigenvalue weighted by Crippen LogP contribution is -2.40. The van der Waals surface area contributed by atoms with Crippen LogP contribution >= 0.6 is 0 Å². The molecule has 4 heterocycles. The Kier molecular flexibility index (Phi) is 4.65. The van der Waals surface area contributed by atoms with E-state index in [1.807, 2.05) is 18.2 Å². The number of aromatic amines is 1. The Morgan fingerprint density at radius 1 is 1.21 bits per heavy atom. The summed E-state index contributed by atoms with van der Waals surface area (Å²) in [7, 11) is 3.44. The first-order valence-electron chi connectivity index (χ1n) is 11.5. The zero-order chi connectivity index (χ0) is 22.7. The fourth-order valence-corrected chi connectivity index (χ4v) is 6.08. The van der Waals surface area contributed by atoms with Gasteiger partial charge in [-0.25, -0.2) is 9.78 Å². The van der Waals surface area contributed by atoms with E-state index in [1.165, 1.54) is 15.7 Å². The minimum atomic E-state index is -0.294. The second-order valence-electron chi connectivity index (χ2n) is 9.20. The van der Waals surface area contributed by atoms with Crippen molar-refractivity contribution in [2.75, 3.05) is 13.7 Å². The first-order valence-corrected chi connectivity index (χ1v) is 11.5. The molecule has 1 unspecified atom stereocenters. The van der Waals surface area contributed by atoms with Gasteiger partial charge < -0.3 is 15.0 Å². The number of rotatable bonds is 4. The van der Waals surface area contributed by atoms with Crippen LogP contribution in [0.1, 0.15) is 29.9 Å². The molecule has 3 atom stereocenters. The van der Waals surface area contributed by atoms with Gasteiger partial charge >= 0.3 is 5.69 Å². The summed E-state index contributed by atoms with van der Waals surface area (Å²) in [5, 5.41) is 4.46. The van der Waals surface area contributed by atoms with Crippen LogP contribution in [0.25, 0.3) is 22.1 Å². The summed E-state index contributed by atoms with van der Waals surface area (Å²) in [4.78, 5) is 33.9. The number of fused-ring (bicyclic) bond motifs is 6. The van der Waals surface area contributed by atoms with Crippen LogP contribution in [0.2, 0.25) is 0 Å². The molecule has 1 aliphatic heterocycles. The number of aryl methyl sites for hydroxylation is 1. The number of aromatic nitrogens is 4. The molecule has 1 fully saturated rings. The largest absolute Gasteiger partial charge is 0.496 e. The second kappa shape index (κ2) is 7.59. The Morgan fingerprint density at radius 3 is 2.94 bits per heavy atom. The molecule has 0 spiro atoms. The molecule has 33 heavy (non-hydrogen) atoms. The van der Waals surface area contributed by atoms with E-state index < -0.39 is 0 Å². The first kappa shape index (κ1) is 20.2. The summed E-state index contributed by atoms with van der Waals surface area (Å²) in [6.45, 7) is 1.33. The molecule has 6 rings (SSSR count). The summed E-state index contributed by atoms with van der Waals surface area (Å²) < 4.78 is 8.54. The highest BCUT2D eigenvalue weighted by atomic mass is 16.5. The van der Waals surface area contributed by atoms with Gasteiger partial charge in [-0.3, -0.25) is 13.9 Å². The number of methoxy groups -OCH3 is 1. The summed E-state index contributed by atoms with van der Waals surface area (Å²) in [6.07, 6.45) is 4.53. The number of hydrogen-bond acceptors (Lipinski definition) is 5. The van der Waals surface area contributed by atoms with Crippen molar-refractivity contribution in [3.63, 3.8) is 0 Å². The molecule has 170 valence electrons. The van der Waals surface area contributed by atoms with Gasteiger partial charge in [0.25, 0.3) is 5.56 Å². The van der Waals surface area contributed by atoms with E-state index in [2.05, 4.69) is 27.4 Å². The van der Waals surface area contributed by atoms with Gasteiger partial charge in [0.05, 0.1) is 12.6 Å². The molecule has 0 bridgehead atoms. The van der Waals surface area contributed by atoms with E-state index in [9.17, 15) is 9.59 Å². The van der Waals surface area contributed by atoms with Crippen molar-refractivity contribution in [3.05, 3.63) is 68.5 Å². The summed E-state index contributed by atoms with van der Waals surface area (Å²) in [5.74, 6) is 1.89. The highest BCUT2D eigenvalue weighted by Crippen LogP contribution is 2.45. The standard InChI is InChI=1S/C25H27N5O3/c1-29-22-17-6-4-11-26-23(17)28-21(22)24(31)30(25(29)32)12-10-18-20-14(13-27-18)8-9-15-16(20)5-3-7-19(15)33-2/h3-7,11,14,18,20,27H,8-10,12-13H2,1-2H3,(H,26,28)/t14-,18?,20+/m0/s1. The molecule has 0 amide bonds. The molecule has 2 aliphatic rings. The number of H-pyrrole nitrogens is 1. The van der Waals surface area contributed by atoms with Gasteiger partial charge in [0, 0.05) is 37.1 Å². The first-order chi connectivity index (χ1) is 16.1. The Labute approximate surface area is 190 Å². The van der Waals surface area contributed by atoms with Gasteiger partial charge in [-0.05, 0) is 61.1 Å². The molecular weight excluding hydrogens is 418 g/mol. The van der Waals surface area contributed by atoms with Crippen LogP contribution in [0.15, 0.2) is 46.1 Å². The van der Waals surface area contributed by atoms with Crippen molar-refractivity contribution in [1.29, 1.82) is 0 Å². The lowest BCUT2D eigenvalue weighted by molar-refractivity contribution is 0.370. The highest BCUT2D eigenvalue weighted by molar-refractivity contribution is 6.03. The number of ether oxygens (including phenoxy) is 1. The summed E-state index contributed by atoms with van der Waals surface area (Å²) in [6, 6.07) is 10.2. The predicted octanol–water partition coefficient (Wildman–Crippen LogP) is 2.29. The fourth-order valence-electron chi connectivity index (χ4n) is 6.08. The Hall–Kier alpha value is -3.39. The van der Waals surface area contributed by atoms with Crippen molar-refractivity contribution < 1.29 is 4.74 Å². The number of nitrogens with zero attached hydrogens (tertiary/aromatic N) is 3. The minimum absolute atomic E-state index is 0.206. The van der Waals surface area contributed by atoms with Crippen LogP contribution in [-0.2, 0) is 20.0 Å². The molecule has 2 N–H and O–H groups in total. The van der Waals surface area contributed by atoms with Gasteiger partial charge in [0.15, 0.2) is 0 Å². The Bertz CT molecular complexity index is 1500. The quantitative estimate of drug-likeness (QED) is 0.503. The molecule has 1 saturated heterocycles. The van der Waals surface area contributed by atoms with Crippen molar-refractivity contribution in [2.24, 2.45) is 13.0 Å². The molecular formula is C25H27N5O3. The van der Waals surface area contributed by atoms with Crippen molar-refractivity contribution in [1.82, 2.24) is 24.4 Å². The molecule has 3 aromatic heterocycles. The number of pyridine rings is 1. The topological polar surface area (TPSA) is 93.9 Å². The maximum atomic E-state index is 13.3. The van der Waals surface area contributed by atoms with Crippen molar-refractivity contribution in [2.45, 2.75) is 37.8 Å². The lowest BCUT2D eigenvalue weighted by Gasteiger charge is -2.32. The van der Waals surface area contributed by atoms with Crippen molar-refractivity contribution in [3.8, 4) is 5.75 Å². The molecule has 0 radical (unpaired) electrons. The highest BCUT2D eigenvalue weighted by Gasteiger charge is 2.40. The third-order valence-electron chi connectivity index (χ3n) is 7.62. The molecule has 4 aromatic rings. The smallest absolute Gasteiger partial charge is 0.331 e. The second-order valence-corrected chi connectivity index (χ2v) is 9.20. The lowest BCUT2D eigenvalue weighted by atomic mass is 9.73. The van der Waals surface area contributed by atoms with E-state index in [1.54, 1.807) is 24.9 Å². The fraction of sp³-hybridized carbons (Fsp3) is 0.400. The monoisotopic (exact) mass is 445 g/mol. The van der Waals surface area contributed by atoms with Gasteiger partial charge in [-0.15, -0.1) is 0 Å². The Balaban J connectivity index is 1.36. The predicted molar refractivity (Wildman–Crippen MR) is 127 cm³/mol. The molecule has 8 nitrogen and oxygen atoms in total. The van der Waals surface area contributed by atoms with Crippen LogP contribution in [0.5, 0.6) is 5.75 Å².